The van der Waals surface area contributed by atoms with Gasteiger partial charge < -0.3 is 9.80 Å². The Kier molecular flexibility index (Phi) is 7.28. The fourth-order valence-electron chi connectivity index (χ4n) is 4.72. The second-order valence-electron chi connectivity index (χ2n) is 9.29. The Labute approximate surface area is 220 Å². The van der Waals surface area contributed by atoms with Crippen molar-refractivity contribution in [3.8, 4) is 10.6 Å². The van der Waals surface area contributed by atoms with Gasteiger partial charge in [0.2, 0.25) is 16.9 Å². The first-order valence-corrected chi connectivity index (χ1v) is 13.2. The van der Waals surface area contributed by atoms with Crippen LogP contribution in [-0.2, 0) is 9.59 Å². The van der Waals surface area contributed by atoms with Crippen LogP contribution in [0.4, 0.5) is 10.8 Å². The van der Waals surface area contributed by atoms with Crippen LogP contribution in [0.3, 0.4) is 0 Å². The van der Waals surface area contributed by atoms with E-state index in [4.69, 9.17) is 0 Å². The first kappa shape index (κ1) is 24.6. The molecule has 1 aliphatic heterocycles. The number of benzene rings is 3. The predicted octanol–water partition coefficient (Wildman–Crippen LogP) is 5.03. The summed E-state index contributed by atoms with van der Waals surface area (Å²) in [6.07, 6.45) is 1.39. The minimum atomic E-state index is -0.547. The molecule has 0 bridgehead atoms. The van der Waals surface area contributed by atoms with Gasteiger partial charge in [-0.2, -0.15) is 0 Å². The van der Waals surface area contributed by atoms with E-state index in [1.54, 1.807) is 4.90 Å². The molecule has 5 rings (SSSR count). The Bertz CT molecular complexity index is 1320. The molecule has 1 aromatic heterocycles. The maximum Gasteiger partial charge on any atom is 0.249 e. The monoisotopic (exact) mass is 511 g/mol. The highest BCUT2D eigenvalue weighted by Crippen LogP contribution is 2.32. The number of amides is 2. The Morgan fingerprint density at radius 3 is 2.14 bits per heavy atom. The molecule has 0 aliphatic carbocycles. The number of carbonyl (C=O) groups excluding carboxylic acids is 2. The molecule has 4 aromatic rings. The van der Waals surface area contributed by atoms with Crippen molar-refractivity contribution in [3.05, 3.63) is 96.1 Å². The molecule has 1 N–H and O–H groups in total. The van der Waals surface area contributed by atoms with Crippen molar-refractivity contribution in [1.82, 2.24) is 15.1 Å². The molecule has 0 radical (unpaired) electrons. The molecule has 1 saturated heterocycles. The van der Waals surface area contributed by atoms with Crippen molar-refractivity contribution in [2.45, 2.75) is 24.8 Å². The average Bonchev–Trinajstić information content (AvgIpc) is 3.60. The number of aromatic nitrogens is 2. The zero-order valence-electron chi connectivity index (χ0n) is 20.9. The Hall–Kier alpha value is -4.04. The molecule has 2 heterocycles. The number of carbonyl (C=O) groups is 2. The average molecular weight is 512 g/mol. The number of hydrogen-bond acceptors (Lipinski definition) is 6. The summed E-state index contributed by atoms with van der Waals surface area (Å²) in [4.78, 5) is 31.0. The van der Waals surface area contributed by atoms with Crippen LogP contribution in [-0.4, -0.2) is 53.6 Å². The fraction of sp³-hybridized carbons (Fsp3) is 0.241. The zero-order valence-corrected chi connectivity index (χ0v) is 21.7. The van der Waals surface area contributed by atoms with E-state index in [1.807, 2.05) is 104 Å². The number of nitrogens with one attached hydrogen (secondary N) is 1. The van der Waals surface area contributed by atoms with Crippen LogP contribution in [0, 0.1) is 0 Å². The van der Waals surface area contributed by atoms with Crippen LogP contribution >= 0.6 is 11.3 Å². The maximum atomic E-state index is 13.9. The van der Waals surface area contributed by atoms with Gasteiger partial charge in [-0.25, -0.2) is 0 Å². The Morgan fingerprint density at radius 1 is 0.919 bits per heavy atom. The topological polar surface area (TPSA) is 78.4 Å². The lowest BCUT2D eigenvalue weighted by Gasteiger charge is -2.28. The summed E-state index contributed by atoms with van der Waals surface area (Å²) in [7, 11) is 3.99. The van der Waals surface area contributed by atoms with Crippen molar-refractivity contribution >= 4 is 34.0 Å². The molecule has 37 heavy (non-hydrogen) atoms. The lowest BCUT2D eigenvalue weighted by atomic mass is 9.90. The third-order valence-electron chi connectivity index (χ3n) is 6.64. The van der Waals surface area contributed by atoms with Crippen LogP contribution in [0.25, 0.3) is 10.6 Å². The first-order valence-electron chi connectivity index (χ1n) is 12.3. The van der Waals surface area contributed by atoms with Gasteiger partial charge in [0, 0.05) is 31.9 Å². The summed E-state index contributed by atoms with van der Waals surface area (Å²) < 4.78 is 0. The normalized spacial score (nSPS) is 15.1. The first-order chi connectivity index (χ1) is 18.0. The molecule has 2 amide bonds. The molecular weight excluding hydrogens is 482 g/mol. The van der Waals surface area contributed by atoms with E-state index in [1.165, 1.54) is 11.3 Å². The summed E-state index contributed by atoms with van der Waals surface area (Å²) in [5.41, 5.74) is 3.87. The number of likely N-dealkylation sites (tertiary alicyclic amines) is 1. The van der Waals surface area contributed by atoms with Crippen molar-refractivity contribution in [1.29, 1.82) is 0 Å². The van der Waals surface area contributed by atoms with E-state index in [2.05, 4.69) is 15.5 Å². The van der Waals surface area contributed by atoms with E-state index >= 15 is 0 Å². The molecule has 8 heteroatoms. The molecule has 1 atom stereocenters. The molecule has 7 nitrogen and oxygen atoms in total. The van der Waals surface area contributed by atoms with Crippen LogP contribution in [0.15, 0.2) is 84.9 Å². The van der Waals surface area contributed by atoms with E-state index in [-0.39, 0.29) is 11.8 Å². The summed E-state index contributed by atoms with van der Waals surface area (Å²) >= 11 is 1.33. The van der Waals surface area contributed by atoms with Crippen molar-refractivity contribution < 1.29 is 9.59 Å². The molecule has 0 spiro atoms. The molecule has 1 unspecified atom stereocenters. The summed E-state index contributed by atoms with van der Waals surface area (Å²) in [6.45, 7) is 0.548. The van der Waals surface area contributed by atoms with Gasteiger partial charge in [0.1, 0.15) is 11.0 Å². The summed E-state index contributed by atoms with van der Waals surface area (Å²) in [5.74, 6) is -0.751. The van der Waals surface area contributed by atoms with Gasteiger partial charge in [-0.05, 0) is 48.2 Å². The highest BCUT2D eigenvalue weighted by atomic mass is 32.1. The van der Waals surface area contributed by atoms with Crippen LogP contribution in [0.1, 0.15) is 29.9 Å². The third kappa shape index (κ3) is 5.39. The standard InChI is InChI=1S/C29H29N5O2S/c1-33(2)23-17-15-22(16-18-23)27-31-32-29(37-27)30-26(35)24-14-9-19-34(24)28(36)25(20-10-5-3-6-11-20)21-12-7-4-8-13-21/h3-8,10-13,15-18,24-25H,9,14,19H2,1-2H3,(H,30,32,35). The van der Waals surface area contributed by atoms with Gasteiger partial charge in [-0.3, -0.25) is 14.9 Å². The minimum Gasteiger partial charge on any atom is -0.378 e. The van der Waals surface area contributed by atoms with Gasteiger partial charge >= 0.3 is 0 Å². The van der Waals surface area contributed by atoms with E-state index in [9.17, 15) is 9.59 Å². The molecular formula is C29H29N5O2S. The van der Waals surface area contributed by atoms with Crippen LogP contribution < -0.4 is 10.2 Å². The quantitative estimate of drug-likeness (QED) is 0.376. The molecule has 1 aliphatic rings. The smallest absolute Gasteiger partial charge is 0.249 e. The van der Waals surface area contributed by atoms with Crippen molar-refractivity contribution in [2.24, 2.45) is 0 Å². The summed E-state index contributed by atoms with van der Waals surface area (Å²) in [6, 6.07) is 27.0. The molecule has 188 valence electrons. The molecule has 0 saturated carbocycles. The van der Waals surface area contributed by atoms with E-state index < -0.39 is 12.0 Å². The predicted molar refractivity (Wildman–Crippen MR) is 148 cm³/mol. The third-order valence-corrected chi connectivity index (χ3v) is 7.52. The number of rotatable bonds is 7. The second-order valence-corrected chi connectivity index (χ2v) is 10.3. The molecule has 1 fully saturated rings. The second kappa shape index (κ2) is 10.9. The highest BCUT2D eigenvalue weighted by molar-refractivity contribution is 7.18. The summed E-state index contributed by atoms with van der Waals surface area (Å²) in [5, 5.41) is 12.5. The highest BCUT2D eigenvalue weighted by Gasteiger charge is 2.38. The lowest BCUT2D eigenvalue weighted by Crippen LogP contribution is -2.45. The van der Waals surface area contributed by atoms with Gasteiger partial charge in [-0.1, -0.05) is 72.0 Å². The van der Waals surface area contributed by atoms with Gasteiger partial charge in [-0.15, -0.1) is 10.2 Å². The zero-order chi connectivity index (χ0) is 25.8. The molecule has 3 aromatic carbocycles. The van der Waals surface area contributed by atoms with Crippen molar-refractivity contribution in [2.75, 3.05) is 30.9 Å². The van der Waals surface area contributed by atoms with E-state index in [0.29, 0.717) is 18.1 Å². The number of nitrogens with zero attached hydrogens (tertiary/aromatic N) is 4. The SMILES string of the molecule is CN(C)c1ccc(-c2nnc(NC(=O)C3CCCN3C(=O)C(c3ccccc3)c3ccccc3)s2)cc1. The van der Waals surface area contributed by atoms with Gasteiger partial charge in [0.25, 0.3) is 0 Å². The van der Waals surface area contributed by atoms with Crippen LogP contribution in [0.2, 0.25) is 0 Å². The number of hydrogen-bond donors (Lipinski definition) is 1. The van der Waals surface area contributed by atoms with Gasteiger partial charge in [0.15, 0.2) is 0 Å². The Morgan fingerprint density at radius 2 is 1.54 bits per heavy atom. The van der Waals surface area contributed by atoms with E-state index in [0.717, 1.165) is 33.8 Å². The lowest BCUT2D eigenvalue weighted by molar-refractivity contribution is -0.137. The number of anilines is 2. The largest absolute Gasteiger partial charge is 0.378 e. The fourth-order valence-corrected chi connectivity index (χ4v) is 5.47. The van der Waals surface area contributed by atoms with Gasteiger partial charge in [0.05, 0.1) is 5.92 Å². The van der Waals surface area contributed by atoms with Crippen molar-refractivity contribution in [3.63, 3.8) is 0 Å². The Balaban J connectivity index is 1.33. The van der Waals surface area contributed by atoms with Crippen LogP contribution in [0.5, 0.6) is 0 Å². The maximum absolute atomic E-state index is 13.9. The minimum absolute atomic E-state index is 0.0611.